The van der Waals surface area contributed by atoms with E-state index in [2.05, 4.69) is 50.0 Å². The van der Waals surface area contributed by atoms with E-state index in [0.29, 0.717) is 11.5 Å². The highest BCUT2D eigenvalue weighted by Crippen LogP contribution is 2.44. The number of rotatable bonds is 5. The van der Waals surface area contributed by atoms with Gasteiger partial charge in [-0.05, 0) is 55.0 Å². The number of anilines is 2. The Morgan fingerprint density at radius 2 is 1.90 bits per heavy atom. The van der Waals surface area contributed by atoms with Crippen LogP contribution in [-0.4, -0.2) is 18.2 Å². The van der Waals surface area contributed by atoms with Crippen LogP contribution >= 0.6 is 27.7 Å². The van der Waals surface area contributed by atoms with Gasteiger partial charge in [0.25, 0.3) is 5.91 Å². The van der Waals surface area contributed by atoms with Gasteiger partial charge in [0.15, 0.2) is 6.61 Å². The van der Waals surface area contributed by atoms with Crippen LogP contribution in [0, 0.1) is 0 Å². The van der Waals surface area contributed by atoms with Gasteiger partial charge in [-0.1, -0.05) is 52.0 Å². The summed E-state index contributed by atoms with van der Waals surface area (Å²) in [7, 11) is 0. The largest absolute Gasteiger partial charge is 0.484 e. The highest BCUT2D eigenvalue weighted by molar-refractivity contribution is 9.10. The number of halogens is 1. The third kappa shape index (κ3) is 4.81. The summed E-state index contributed by atoms with van der Waals surface area (Å²) >= 11 is 5.11. The van der Waals surface area contributed by atoms with Gasteiger partial charge < -0.3 is 10.1 Å². The Balaban J connectivity index is 1.39. The standard InChI is InChI=1S/C22H18BrN3O2S/c1-14(25-26-22(27)13-28-17-6-4-5-16(23)12-17)15-9-10-21-19(11-15)24-18-7-2-3-8-20(18)29-21/h2-12,24H,13H2,1H3,(H,26,27)/b25-14-. The highest BCUT2D eigenvalue weighted by atomic mass is 79.9. The maximum atomic E-state index is 12.0. The quantitative estimate of drug-likeness (QED) is 0.297. The molecule has 0 fully saturated rings. The van der Waals surface area contributed by atoms with Crippen LogP contribution in [0.3, 0.4) is 0 Å². The topological polar surface area (TPSA) is 62.7 Å². The van der Waals surface area contributed by atoms with Crippen molar-refractivity contribution in [3.63, 3.8) is 0 Å². The zero-order valence-corrected chi connectivity index (χ0v) is 18.0. The average Bonchev–Trinajstić information content (AvgIpc) is 2.74. The monoisotopic (exact) mass is 467 g/mol. The van der Waals surface area contributed by atoms with Gasteiger partial charge in [-0.3, -0.25) is 4.79 Å². The first-order valence-electron chi connectivity index (χ1n) is 8.98. The van der Waals surface area contributed by atoms with E-state index in [-0.39, 0.29) is 12.5 Å². The number of benzene rings is 3. The number of carbonyl (C=O) groups is 1. The third-order valence-electron chi connectivity index (χ3n) is 4.29. The first-order valence-corrected chi connectivity index (χ1v) is 10.6. The van der Waals surface area contributed by atoms with E-state index in [1.54, 1.807) is 23.9 Å². The Bertz CT molecular complexity index is 1100. The molecule has 0 saturated heterocycles. The van der Waals surface area contributed by atoms with Gasteiger partial charge in [0, 0.05) is 14.3 Å². The van der Waals surface area contributed by atoms with Gasteiger partial charge in [-0.25, -0.2) is 5.43 Å². The molecule has 1 aliphatic heterocycles. The van der Waals surface area contributed by atoms with Crippen LogP contribution in [0.5, 0.6) is 5.75 Å². The second-order valence-corrected chi connectivity index (χ2v) is 8.41. The Hall–Kier alpha value is -2.77. The molecule has 1 amide bonds. The lowest BCUT2D eigenvalue weighted by molar-refractivity contribution is -0.123. The van der Waals surface area contributed by atoms with Gasteiger partial charge >= 0.3 is 0 Å². The third-order valence-corrected chi connectivity index (χ3v) is 5.93. The Labute approximate surface area is 181 Å². The van der Waals surface area contributed by atoms with Gasteiger partial charge in [-0.2, -0.15) is 5.10 Å². The smallest absolute Gasteiger partial charge is 0.277 e. The predicted molar refractivity (Wildman–Crippen MR) is 120 cm³/mol. The van der Waals surface area contributed by atoms with Crippen LogP contribution in [-0.2, 0) is 4.79 Å². The Kier molecular flexibility index (Phi) is 5.87. The van der Waals surface area contributed by atoms with E-state index in [1.165, 1.54) is 4.90 Å². The van der Waals surface area contributed by atoms with Crippen LogP contribution in [0.4, 0.5) is 11.4 Å². The maximum absolute atomic E-state index is 12.0. The number of nitrogens with zero attached hydrogens (tertiary/aromatic N) is 1. The van der Waals surface area contributed by atoms with Crippen LogP contribution in [0.1, 0.15) is 12.5 Å². The number of para-hydroxylation sites is 1. The molecule has 146 valence electrons. The fourth-order valence-corrected chi connectivity index (χ4v) is 4.16. The lowest BCUT2D eigenvalue weighted by atomic mass is 10.1. The molecule has 0 bridgehead atoms. The van der Waals surface area contributed by atoms with Crippen molar-refractivity contribution < 1.29 is 9.53 Å². The molecule has 2 N–H and O–H groups in total. The summed E-state index contributed by atoms with van der Waals surface area (Å²) in [5, 5.41) is 7.67. The molecule has 5 nitrogen and oxygen atoms in total. The molecule has 0 atom stereocenters. The van der Waals surface area contributed by atoms with Crippen LogP contribution in [0.25, 0.3) is 0 Å². The van der Waals surface area contributed by atoms with Crippen LogP contribution < -0.4 is 15.5 Å². The summed E-state index contributed by atoms with van der Waals surface area (Å²) in [5.41, 5.74) is 6.32. The Morgan fingerprint density at radius 1 is 1.07 bits per heavy atom. The number of nitrogens with one attached hydrogen (secondary N) is 2. The number of hydrogen-bond donors (Lipinski definition) is 2. The molecule has 4 rings (SSSR count). The molecule has 29 heavy (non-hydrogen) atoms. The van der Waals surface area contributed by atoms with Gasteiger partial charge in [0.05, 0.1) is 17.1 Å². The highest BCUT2D eigenvalue weighted by Gasteiger charge is 2.16. The summed E-state index contributed by atoms with van der Waals surface area (Å²) in [6.07, 6.45) is 0. The summed E-state index contributed by atoms with van der Waals surface area (Å²) in [6, 6.07) is 21.7. The van der Waals surface area contributed by atoms with E-state index < -0.39 is 0 Å². The molecule has 0 radical (unpaired) electrons. The molecule has 0 aromatic heterocycles. The summed E-state index contributed by atoms with van der Waals surface area (Å²) in [6.45, 7) is 1.76. The second kappa shape index (κ2) is 8.71. The van der Waals surface area contributed by atoms with Crippen LogP contribution in [0.2, 0.25) is 0 Å². The van der Waals surface area contributed by atoms with E-state index in [9.17, 15) is 4.79 Å². The van der Waals surface area contributed by atoms with Crippen molar-refractivity contribution >= 4 is 50.7 Å². The van der Waals surface area contributed by atoms with Crippen molar-refractivity contribution in [2.75, 3.05) is 11.9 Å². The molecular weight excluding hydrogens is 450 g/mol. The molecule has 3 aromatic carbocycles. The van der Waals surface area contributed by atoms with Crippen molar-refractivity contribution in [1.82, 2.24) is 5.43 Å². The molecular formula is C22H18BrN3O2S. The normalized spacial score (nSPS) is 12.4. The fraction of sp³-hybridized carbons (Fsp3) is 0.0909. The van der Waals surface area contributed by atoms with Crippen LogP contribution in [0.15, 0.2) is 86.1 Å². The SMILES string of the molecule is C/C(=N/NC(=O)COc1cccc(Br)c1)c1ccc2c(c1)Nc1ccccc1S2. The summed E-state index contributed by atoms with van der Waals surface area (Å²) in [5.74, 6) is 0.304. The van der Waals surface area contributed by atoms with Crippen molar-refractivity contribution in [2.24, 2.45) is 5.10 Å². The molecule has 0 aliphatic carbocycles. The van der Waals surface area contributed by atoms with E-state index in [4.69, 9.17) is 4.74 Å². The molecule has 1 aliphatic rings. The minimum absolute atomic E-state index is 0.105. The second-order valence-electron chi connectivity index (χ2n) is 6.41. The minimum Gasteiger partial charge on any atom is -0.484 e. The van der Waals surface area contributed by atoms with Crippen molar-refractivity contribution in [3.05, 3.63) is 76.8 Å². The summed E-state index contributed by atoms with van der Waals surface area (Å²) in [4.78, 5) is 14.4. The van der Waals surface area contributed by atoms with Crippen molar-refractivity contribution in [1.29, 1.82) is 0 Å². The molecule has 0 spiro atoms. The number of fused-ring (bicyclic) bond motifs is 2. The fourth-order valence-electron chi connectivity index (χ4n) is 2.81. The predicted octanol–water partition coefficient (Wildman–Crippen LogP) is 5.58. The van der Waals surface area contributed by atoms with E-state index in [1.807, 2.05) is 43.3 Å². The van der Waals surface area contributed by atoms with Gasteiger partial charge in [0.1, 0.15) is 5.75 Å². The molecule has 0 unspecified atom stereocenters. The zero-order chi connectivity index (χ0) is 20.2. The van der Waals surface area contributed by atoms with E-state index >= 15 is 0 Å². The lowest BCUT2D eigenvalue weighted by Gasteiger charge is -2.21. The minimum atomic E-state index is -0.315. The van der Waals surface area contributed by atoms with E-state index in [0.717, 1.165) is 26.3 Å². The molecule has 1 heterocycles. The number of hydrogen-bond acceptors (Lipinski definition) is 5. The molecule has 0 saturated carbocycles. The first kappa shape index (κ1) is 19.5. The number of hydrazone groups is 1. The molecule has 3 aromatic rings. The average molecular weight is 468 g/mol. The number of amides is 1. The zero-order valence-electron chi connectivity index (χ0n) is 15.6. The van der Waals surface area contributed by atoms with Crippen molar-refractivity contribution in [2.45, 2.75) is 16.7 Å². The van der Waals surface area contributed by atoms with Gasteiger partial charge in [0.2, 0.25) is 0 Å². The lowest BCUT2D eigenvalue weighted by Crippen LogP contribution is -2.25. The van der Waals surface area contributed by atoms with Crippen molar-refractivity contribution in [3.8, 4) is 5.75 Å². The maximum Gasteiger partial charge on any atom is 0.277 e. The van der Waals surface area contributed by atoms with Gasteiger partial charge in [-0.15, -0.1) is 0 Å². The Morgan fingerprint density at radius 3 is 2.76 bits per heavy atom. The summed E-state index contributed by atoms with van der Waals surface area (Å²) < 4.78 is 6.36. The number of ether oxygens (including phenoxy) is 1. The molecule has 7 heteroatoms. The first-order chi connectivity index (χ1) is 14.1. The number of carbonyl (C=O) groups excluding carboxylic acids is 1.